The fourth-order valence-corrected chi connectivity index (χ4v) is 3.34. The maximum absolute atomic E-state index is 12.3. The SMILES string of the molecule is COC(=O)[C@@H](Cc1ccccc1I)NC(=O)C[C@H](O)CNC(=O)OCc1ccccc1. The van der Waals surface area contributed by atoms with Crippen molar-refractivity contribution in [3.8, 4) is 0 Å². The van der Waals surface area contributed by atoms with Gasteiger partial charge in [-0.15, -0.1) is 0 Å². The Kier molecular flexibility index (Phi) is 10.2. The Morgan fingerprint density at radius 3 is 2.42 bits per heavy atom. The molecule has 9 heteroatoms. The number of carbonyl (C=O) groups is 3. The molecular weight excluding hydrogens is 515 g/mol. The summed E-state index contributed by atoms with van der Waals surface area (Å²) in [4.78, 5) is 36.1. The van der Waals surface area contributed by atoms with E-state index < -0.39 is 30.1 Å². The number of aliphatic hydroxyl groups is 1. The molecule has 3 N–H and O–H groups in total. The van der Waals surface area contributed by atoms with E-state index in [2.05, 4.69) is 33.2 Å². The fraction of sp³-hybridized carbons (Fsp3) is 0.318. The summed E-state index contributed by atoms with van der Waals surface area (Å²) in [5.74, 6) is -1.11. The van der Waals surface area contributed by atoms with Crippen LogP contribution in [0, 0.1) is 3.57 Å². The lowest BCUT2D eigenvalue weighted by molar-refractivity contribution is -0.145. The van der Waals surface area contributed by atoms with Crippen LogP contribution in [0.2, 0.25) is 0 Å². The Balaban J connectivity index is 1.78. The van der Waals surface area contributed by atoms with Crippen molar-refractivity contribution in [1.29, 1.82) is 0 Å². The first-order valence-electron chi connectivity index (χ1n) is 9.62. The summed E-state index contributed by atoms with van der Waals surface area (Å²) >= 11 is 2.15. The van der Waals surface area contributed by atoms with Crippen molar-refractivity contribution in [3.05, 3.63) is 69.3 Å². The third kappa shape index (κ3) is 8.93. The minimum Gasteiger partial charge on any atom is -0.467 e. The molecule has 0 heterocycles. The standard InChI is InChI=1S/C22H25IN2O6/c1-30-21(28)19(11-16-9-5-6-10-18(16)23)25-20(27)12-17(26)13-24-22(29)31-14-15-7-3-2-4-8-15/h2-10,17,19,26H,11-14H2,1H3,(H,24,29)(H,25,27)/t17-,19+/m0/s1. The summed E-state index contributed by atoms with van der Waals surface area (Å²) in [5, 5.41) is 15.0. The van der Waals surface area contributed by atoms with Gasteiger partial charge in [-0.25, -0.2) is 9.59 Å². The molecule has 2 aromatic rings. The van der Waals surface area contributed by atoms with Gasteiger partial charge in [0.15, 0.2) is 0 Å². The van der Waals surface area contributed by atoms with Gasteiger partial charge in [0, 0.05) is 16.5 Å². The number of rotatable bonds is 10. The van der Waals surface area contributed by atoms with Crippen molar-refractivity contribution < 1.29 is 29.0 Å². The van der Waals surface area contributed by atoms with Gasteiger partial charge < -0.3 is 25.2 Å². The van der Waals surface area contributed by atoms with Crippen LogP contribution in [0.25, 0.3) is 0 Å². The number of esters is 1. The number of aliphatic hydroxyl groups excluding tert-OH is 1. The monoisotopic (exact) mass is 540 g/mol. The second-order valence-electron chi connectivity index (χ2n) is 6.74. The molecule has 0 aliphatic heterocycles. The molecule has 166 valence electrons. The number of hydrogen-bond acceptors (Lipinski definition) is 6. The van der Waals surface area contributed by atoms with Gasteiger partial charge in [0.25, 0.3) is 0 Å². The van der Waals surface area contributed by atoms with Gasteiger partial charge in [0.05, 0.1) is 19.6 Å². The lowest BCUT2D eigenvalue weighted by Crippen LogP contribution is -2.45. The van der Waals surface area contributed by atoms with Crippen molar-refractivity contribution in [2.45, 2.75) is 31.6 Å². The fourth-order valence-electron chi connectivity index (χ4n) is 2.73. The highest BCUT2D eigenvalue weighted by molar-refractivity contribution is 14.1. The van der Waals surface area contributed by atoms with Gasteiger partial charge in [0.2, 0.25) is 5.91 Å². The number of alkyl carbamates (subject to hydrolysis) is 1. The highest BCUT2D eigenvalue weighted by atomic mass is 127. The summed E-state index contributed by atoms with van der Waals surface area (Å²) in [6, 6.07) is 15.8. The maximum Gasteiger partial charge on any atom is 0.407 e. The van der Waals surface area contributed by atoms with E-state index in [1.807, 2.05) is 54.6 Å². The maximum atomic E-state index is 12.3. The zero-order chi connectivity index (χ0) is 22.6. The van der Waals surface area contributed by atoms with Gasteiger partial charge in [-0.05, 0) is 39.8 Å². The van der Waals surface area contributed by atoms with Crippen LogP contribution >= 0.6 is 22.6 Å². The Bertz CT molecular complexity index is 877. The van der Waals surface area contributed by atoms with Crippen LogP contribution in [0.1, 0.15) is 17.5 Å². The lowest BCUT2D eigenvalue weighted by atomic mass is 10.1. The third-order valence-corrected chi connectivity index (χ3v) is 5.37. The first-order valence-corrected chi connectivity index (χ1v) is 10.7. The van der Waals surface area contributed by atoms with Crippen LogP contribution in [0.4, 0.5) is 4.79 Å². The van der Waals surface area contributed by atoms with E-state index in [-0.39, 0.29) is 26.0 Å². The van der Waals surface area contributed by atoms with E-state index in [9.17, 15) is 19.5 Å². The highest BCUT2D eigenvalue weighted by Crippen LogP contribution is 2.14. The van der Waals surface area contributed by atoms with Gasteiger partial charge in [-0.2, -0.15) is 0 Å². The summed E-state index contributed by atoms with van der Waals surface area (Å²) in [5.41, 5.74) is 1.72. The van der Waals surface area contributed by atoms with Crippen molar-refractivity contribution in [1.82, 2.24) is 10.6 Å². The summed E-state index contributed by atoms with van der Waals surface area (Å²) in [6.07, 6.45) is -1.87. The molecule has 0 bridgehead atoms. The predicted octanol–water partition coefficient (Wildman–Crippen LogP) is 2.17. The van der Waals surface area contributed by atoms with E-state index in [1.54, 1.807) is 0 Å². The average molecular weight is 540 g/mol. The second kappa shape index (κ2) is 12.9. The van der Waals surface area contributed by atoms with Gasteiger partial charge in [0.1, 0.15) is 12.6 Å². The quantitative estimate of drug-likeness (QED) is 0.315. The molecule has 0 spiro atoms. The van der Waals surface area contributed by atoms with E-state index in [0.29, 0.717) is 0 Å². The number of hydrogen-bond donors (Lipinski definition) is 3. The Morgan fingerprint density at radius 1 is 1.06 bits per heavy atom. The predicted molar refractivity (Wildman–Crippen MR) is 122 cm³/mol. The molecule has 0 fully saturated rings. The molecule has 31 heavy (non-hydrogen) atoms. The van der Waals surface area contributed by atoms with Crippen molar-refractivity contribution >= 4 is 40.6 Å². The van der Waals surface area contributed by atoms with E-state index in [4.69, 9.17) is 9.47 Å². The van der Waals surface area contributed by atoms with E-state index in [1.165, 1.54) is 7.11 Å². The largest absolute Gasteiger partial charge is 0.467 e. The van der Waals surface area contributed by atoms with Crippen molar-refractivity contribution in [2.75, 3.05) is 13.7 Å². The number of ether oxygens (including phenoxy) is 2. The molecule has 0 radical (unpaired) electrons. The number of amides is 2. The molecule has 2 aromatic carbocycles. The normalized spacial score (nSPS) is 12.4. The molecule has 0 aromatic heterocycles. The number of carbonyl (C=O) groups excluding carboxylic acids is 3. The van der Waals surface area contributed by atoms with Gasteiger partial charge >= 0.3 is 12.1 Å². The zero-order valence-electron chi connectivity index (χ0n) is 17.0. The molecular formula is C22H25IN2O6. The molecule has 0 aliphatic carbocycles. The van der Waals surface area contributed by atoms with E-state index >= 15 is 0 Å². The number of halogens is 1. The third-order valence-electron chi connectivity index (χ3n) is 4.32. The topological polar surface area (TPSA) is 114 Å². The molecule has 2 atom stereocenters. The van der Waals surface area contributed by atoms with Gasteiger partial charge in [-0.3, -0.25) is 4.79 Å². The minimum absolute atomic E-state index is 0.0996. The lowest BCUT2D eigenvalue weighted by Gasteiger charge is -2.18. The molecule has 0 aliphatic rings. The van der Waals surface area contributed by atoms with Crippen LogP contribution in [-0.2, 0) is 32.1 Å². The molecule has 0 saturated carbocycles. The molecule has 2 amide bonds. The van der Waals surface area contributed by atoms with Crippen LogP contribution in [0.5, 0.6) is 0 Å². The molecule has 8 nitrogen and oxygen atoms in total. The van der Waals surface area contributed by atoms with Crippen LogP contribution in [0.3, 0.4) is 0 Å². The minimum atomic E-state index is -1.14. The summed E-state index contributed by atoms with van der Waals surface area (Å²) in [7, 11) is 1.25. The second-order valence-corrected chi connectivity index (χ2v) is 7.90. The first-order chi connectivity index (χ1) is 14.9. The van der Waals surface area contributed by atoms with E-state index in [0.717, 1.165) is 14.7 Å². The Labute approximate surface area is 194 Å². The average Bonchev–Trinajstić information content (AvgIpc) is 2.77. The smallest absolute Gasteiger partial charge is 0.407 e. The van der Waals surface area contributed by atoms with Crippen molar-refractivity contribution in [3.63, 3.8) is 0 Å². The molecule has 2 rings (SSSR count). The highest BCUT2D eigenvalue weighted by Gasteiger charge is 2.24. The van der Waals surface area contributed by atoms with Crippen LogP contribution < -0.4 is 10.6 Å². The molecule has 0 saturated heterocycles. The summed E-state index contributed by atoms with van der Waals surface area (Å²) < 4.78 is 10.8. The molecule has 0 unspecified atom stereocenters. The van der Waals surface area contributed by atoms with Crippen LogP contribution in [-0.4, -0.2) is 48.9 Å². The first kappa shape index (κ1) is 24.6. The zero-order valence-corrected chi connectivity index (χ0v) is 19.2. The Hall–Kier alpha value is -2.66. The number of benzene rings is 2. The summed E-state index contributed by atoms with van der Waals surface area (Å²) in [6.45, 7) is -0.0666. The van der Waals surface area contributed by atoms with Crippen LogP contribution in [0.15, 0.2) is 54.6 Å². The van der Waals surface area contributed by atoms with Gasteiger partial charge in [-0.1, -0.05) is 48.5 Å². The Morgan fingerprint density at radius 2 is 1.74 bits per heavy atom. The van der Waals surface area contributed by atoms with Crippen molar-refractivity contribution in [2.24, 2.45) is 0 Å². The number of nitrogens with one attached hydrogen (secondary N) is 2. The number of methoxy groups -OCH3 is 1.